The van der Waals surface area contributed by atoms with Gasteiger partial charge in [-0.05, 0) is 51.9 Å². The summed E-state index contributed by atoms with van der Waals surface area (Å²) >= 11 is 0. The minimum absolute atomic E-state index is 0.0200. The summed E-state index contributed by atoms with van der Waals surface area (Å²) in [6.45, 7) is 7.38. The van der Waals surface area contributed by atoms with Crippen molar-refractivity contribution in [1.29, 1.82) is 0 Å². The van der Waals surface area contributed by atoms with Gasteiger partial charge in [0.2, 0.25) is 0 Å². The van der Waals surface area contributed by atoms with Gasteiger partial charge in [0.1, 0.15) is 0 Å². The zero-order valence-electron chi connectivity index (χ0n) is 12.8. The van der Waals surface area contributed by atoms with Crippen LogP contribution in [0.25, 0.3) is 0 Å². The molecule has 1 aromatic carbocycles. The van der Waals surface area contributed by atoms with Crippen LogP contribution in [0.1, 0.15) is 26.7 Å². The Morgan fingerprint density at radius 2 is 1.84 bits per heavy atom. The van der Waals surface area contributed by atoms with Gasteiger partial charge in [0, 0.05) is 26.4 Å². The van der Waals surface area contributed by atoms with Crippen molar-refractivity contribution in [3.05, 3.63) is 30.3 Å². The second-order valence-electron chi connectivity index (χ2n) is 5.57. The Morgan fingerprint density at radius 1 is 1.16 bits per heavy atom. The van der Waals surface area contributed by atoms with Crippen molar-refractivity contribution in [2.75, 3.05) is 38.7 Å². The van der Waals surface area contributed by atoms with Gasteiger partial charge in [0.05, 0.1) is 5.60 Å². The third-order valence-electron chi connectivity index (χ3n) is 3.50. The number of hydrogen-bond donors (Lipinski definition) is 1. The number of para-hydroxylation sites is 1. The Kier molecular flexibility index (Phi) is 6.89. The normalized spacial score (nSPS) is 11.6. The van der Waals surface area contributed by atoms with E-state index in [1.54, 1.807) is 7.11 Å². The van der Waals surface area contributed by atoms with E-state index in [9.17, 15) is 0 Å². The summed E-state index contributed by atoms with van der Waals surface area (Å²) in [7, 11) is 3.91. The van der Waals surface area contributed by atoms with Crippen molar-refractivity contribution in [1.82, 2.24) is 5.32 Å². The molecule has 0 aliphatic heterocycles. The maximum atomic E-state index is 5.39. The topological polar surface area (TPSA) is 24.5 Å². The van der Waals surface area contributed by atoms with Gasteiger partial charge in [0.25, 0.3) is 0 Å². The molecule has 3 nitrogen and oxygen atoms in total. The molecule has 0 fully saturated rings. The lowest BCUT2D eigenvalue weighted by Gasteiger charge is -2.23. The van der Waals surface area contributed by atoms with Crippen molar-refractivity contribution in [3.8, 4) is 0 Å². The first-order chi connectivity index (χ1) is 9.05. The average molecular weight is 264 g/mol. The third kappa shape index (κ3) is 6.60. The highest BCUT2D eigenvalue weighted by Gasteiger charge is 2.14. The highest BCUT2D eigenvalue weighted by atomic mass is 16.5. The molecule has 0 aliphatic rings. The summed E-state index contributed by atoms with van der Waals surface area (Å²) in [6, 6.07) is 10.5. The van der Waals surface area contributed by atoms with Crippen LogP contribution in [0, 0.1) is 0 Å². The quantitative estimate of drug-likeness (QED) is 0.694. The van der Waals surface area contributed by atoms with Gasteiger partial charge < -0.3 is 15.0 Å². The number of anilines is 1. The zero-order valence-corrected chi connectivity index (χ0v) is 12.8. The predicted octanol–water partition coefficient (Wildman–Crippen LogP) is 2.92. The molecule has 0 atom stereocenters. The molecule has 0 bridgehead atoms. The lowest BCUT2D eigenvalue weighted by molar-refractivity contribution is 0.0159. The Morgan fingerprint density at radius 3 is 2.47 bits per heavy atom. The number of ether oxygens (including phenoxy) is 1. The molecule has 0 heterocycles. The molecule has 0 saturated carbocycles. The van der Waals surface area contributed by atoms with Crippen LogP contribution in [0.4, 0.5) is 5.69 Å². The molecule has 1 aromatic rings. The van der Waals surface area contributed by atoms with Crippen LogP contribution in [0.3, 0.4) is 0 Å². The molecule has 0 saturated heterocycles. The first-order valence-electron chi connectivity index (χ1n) is 7.07. The van der Waals surface area contributed by atoms with Crippen LogP contribution >= 0.6 is 0 Å². The van der Waals surface area contributed by atoms with E-state index in [0.717, 1.165) is 32.5 Å². The summed E-state index contributed by atoms with van der Waals surface area (Å²) in [6.07, 6.45) is 2.19. The van der Waals surface area contributed by atoms with Crippen LogP contribution in [-0.4, -0.2) is 39.4 Å². The van der Waals surface area contributed by atoms with E-state index in [2.05, 4.69) is 61.4 Å². The van der Waals surface area contributed by atoms with Gasteiger partial charge in [-0.25, -0.2) is 0 Å². The van der Waals surface area contributed by atoms with Crippen LogP contribution in [-0.2, 0) is 4.74 Å². The van der Waals surface area contributed by atoms with Gasteiger partial charge in [0.15, 0.2) is 0 Å². The fraction of sp³-hybridized carbons (Fsp3) is 0.625. The fourth-order valence-corrected chi connectivity index (χ4v) is 1.87. The van der Waals surface area contributed by atoms with Crippen molar-refractivity contribution in [2.45, 2.75) is 32.3 Å². The summed E-state index contributed by atoms with van der Waals surface area (Å²) in [5, 5.41) is 3.48. The Bertz CT molecular complexity index is 338. The van der Waals surface area contributed by atoms with Crippen LogP contribution in [0.2, 0.25) is 0 Å². The molecule has 108 valence electrons. The Hall–Kier alpha value is -1.06. The fourth-order valence-electron chi connectivity index (χ4n) is 1.87. The number of nitrogens with one attached hydrogen (secondary N) is 1. The first-order valence-corrected chi connectivity index (χ1v) is 7.07. The van der Waals surface area contributed by atoms with E-state index >= 15 is 0 Å². The van der Waals surface area contributed by atoms with Crippen LogP contribution < -0.4 is 10.2 Å². The highest BCUT2D eigenvalue weighted by Crippen LogP contribution is 2.12. The first kappa shape index (κ1) is 16.0. The SMILES string of the molecule is COC(C)(C)CCNCCCN(C)c1ccccc1. The minimum atomic E-state index is -0.0200. The summed E-state index contributed by atoms with van der Waals surface area (Å²) in [5.41, 5.74) is 1.26. The molecule has 1 rings (SSSR count). The standard InChI is InChI=1S/C16H28N2O/c1-16(2,19-4)11-13-17-12-8-14-18(3)15-9-6-5-7-10-15/h5-7,9-10,17H,8,11-14H2,1-4H3. The Labute approximate surface area is 118 Å². The van der Waals surface area contributed by atoms with Gasteiger partial charge in [-0.3, -0.25) is 0 Å². The van der Waals surface area contributed by atoms with Gasteiger partial charge in [-0.1, -0.05) is 18.2 Å². The van der Waals surface area contributed by atoms with Gasteiger partial charge in [-0.2, -0.15) is 0 Å². The molecular formula is C16H28N2O. The molecule has 0 aromatic heterocycles. The lowest BCUT2D eigenvalue weighted by Crippen LogP contribution is -2.30. The highest BCUT2D eigenvalue weighted by molar-refractivity contribution is 5.44. The maximum absolute atomic E-state index is 5.39. The number of hydrogen-bond acceptors (Lipinski definition) is 3. The van der Waals surface area contributed by atoms with Gasteiger partial charge in [-0.15, -0.1) is 0 Å². The molecule has 3 heteroatoms. The number of rotatable bonds is 9. The van der Waals surface area contributed by atoms with E-state index in [0.29, 0.717) is 0 Å². The van der Waals surface area contributed by atoms with E-state index in [4.69, 9.17) is 4.74 Å². The molecule has 0 unspecified atom stereocenters. The third-order valence-corrected chi connectivity index (χ3v) is 3.50. The molecule has 0 aliphatic carbocycles. The maximum Gasteiger partial charge on any atom is 0.0634 e. The second kappa shape index (κ2) is 8.18. The predicted molar refractivity (Wildman–Crippen MR) is 82.9 cm³/mol. The summed E-state index contributed by atoms with van der Waals surface area (Å²) in [5.74, 6) is 0. The van der Waals surface area contributed by atoms with Crippen molar-refractivity contribution in [2.24, 2.45) is 0 Å². The molecule has 0 spiro atoms. The van der Waals surface area contributed by atoms with E-state index in [1.165, 1.54) is 5.69 Å². The Balaban J connectivity index is 2.08. The molecule has 0 radical (unpaired) electrons. The second-order valence-corrected chi connectivity index (χ2v) is 5.57. The molecular weight excluding hydrogens is 236 g/mol. The largest absolute Gasteiger partial charge is 0.379 e. The van der Waals surface area contributed by atoms with Crippen LogP contribution in [0.5, 0.6) is 0 Å². The van der Waals surface area contributed by atoms with Crippen molar-refractivity contribution < 1.29 is 4.74 Å². The molecule has 19 heavy (non-hydrogen) atoms. The zero-order chi connectivity index (χ0) is 14.1. The number of methoxy groups -OCH3 is 1. The monoisotopic (exact) mass is 264 g/mol. The average Bonchev–Trinajstić information content (AvgIpc) is 2.43. The van der Waals surface area contributed by atoms with Gasteiger partial charge >= 0.3 is 0 Å². The number of nitrogens with zero attached hydrogens (tertiary/aromatic N) is 1. The smallest absolute Gasteiger partial charge is 0.0634 e. The van der Waals surface area contributed by atoms with E-state index in [-0.39, 0.29) is 5.60 Å². The van der Waals surface area contributed by atoms with E-state index < -0.39 is 0 Å². The van der Waals surface area contributed by atoms with Crippen molar-refractivity contribution >= 4 is 5.69 Å². The van der Waals surface area contributed by atoms with Crippen LogP contribution in [0.15, 0.2) is 30.3 Å². The summed E-state index contributed by atoms with van der Waals surface area (Å²) in [4.78, 5) is 2.29. The molecule has 0 amide bonds. The van der Waals surface area contributed by atoms with E-state index in [1.807, 2.05) is 0 Å². The van der Waals surface area contributed by atoms with Crippen molar-refractivity contribution in [3.63, 3.8) is 0 Å². The lowest BCUT2D eigenvalue weighted by atomic mass is 10.1. The summed E-state index contributed by atoms with van der Waals surface area (Å²) < 4.78 is 5.39. The molecule has 1 N–H and O–H groups in total. The number of benzene rings is 1. The minimum Gasteiger partial charge on any atom is -0.379 e.